The predicted octanol–water partition coefficient (Wildman–Crippen LogP) is 0.518. The minimum Gasteiger partial charge on any atom is -0.349 e. The van der Waals surface area contributed by atoms with E-state index in [1.54, 1.807) is 19.4 Å². The van der Waals surface area contributed by atoms with Gasteiger partial charge in [0.2, 0.25) is 0 Å². The highest BCUT2D eigenvalue weighted by molar-refractivity contribution is 7.87. The van der Waals surface area contributed by atoms with E-state index >= 15 is 0 Å². The number of unbranched alkanes of at least 4 members (excludes halogenated alkanes) is 1. The molecule has 0 aliphatic carbocycles. The fourth-order valence-corrected chi connectivity index (χ4v) is 2.29. The van der Waals surface area contributed by atoms with Crippen LogP contribution in [0, 0.1) is 0 Å². The van der Waals surface area contributed by atoms with Crippen LogP contribution < -0.4 is 4.72 Å². The molecule has 0 aromatic carbocycles. The first-order valence-corrected chi connectivity index (χ1v) is 7.19. The van der Waals surface area contributed by atoms with E-state index < -0.39 is 10.2 Å². The minimum atomic E-state index is -3.34. The van der Waals surface area contributed by atoms with Crippen LogP contribution in [-0.2, 0) is 16.6 Å². The Hall–Kier alpha value is -0.920. The van der Waals surface area contributed by atoms with Crippen molar-refractivity contribution in [3.05, 3.63) is 18.2 Å². The van der Waals surface area contributed by atoms with Crippen molar-refractivity contribution in [3.8, 4) is 0 Å². The molecule has 0 atom stereocenters. The fraction of sp³-hybridized carbons (Fsp3) is 0.700. The third-order valence-electron chi connectivity index (χ3n) is 2.44. The van der Waals surface area contributed by atoms with Crippen LogP contribution in [0.4, 0.5) is 0 Å². The maximum atomic E-state index is 11.7. The van der Waals surface area contributed by atoms with E-state index in [2.05, 4.69) is 14.7 Å². The number of nitrogens with zero attached hydrogens (tertiary/aromatic N) is 2. The normalized spacial score (nSPS) is 12.2. The predicted molar refractivity (Wildman–Crippen MR) is 66.8 cm³/mol. The molecule has 1 aromatic rings. The second-order valence-electron chi connectivity index (χ2n) is 3.86. The molecular weight excluding hydrogens is 240 g/mol. The van der Waals surface area contributed by atoms with Crippen LogP contribution >= 0.6 is 0 Å². The summed E-state index contributed by atoms with van der Waals surface area (Å²) in [4.78, 5) is 6.95. The Balaban J connectivity index is 2.33. The zero-order valence-corrected chi connectivity index (χ0v) is 11.1. The summed E-state index contributed by atoms with van der Waals surface area (Å²) in [5, 5.41) is 0. The van der Waals surface area contributed by atoms with Gasteiger partial charge in [-0.2, -0.15) is 12.7 Å². The van der Waals surface area contributed by atoms with Crippen LogP contribution in [0.2, 0.25) is 0 Å². The molecule has 0 radical (unpaired) electrons. The van der Waals surface area contributed by atoms with Crippen molar-refractivity contribution >= 4 is 10.2 Å². The Labute approximate surface area is 103 Å². The van der Waals surface area contributed by atoms with Gasteiger partial charge in [-0.3, -0.25) is 0 Å². The molecule has 0 saturated heterocycles. The second-order valence-corrected chi connectivity index (χ2v) is 5.72. The van der Waals surface area contributed by atoms with Crippen molar-refractivity contribution in [2.24, 2.45) is 0 Å². The SMILES string of the molecule is CCCCN(C)S(=O)(=O)NCCc1ncc[nH]1. The van der Waals surface area contributed by atoms with E-state index in [0.29, 0.717) is 19.5 Å². The van der Waals surface area contributed by atoms with Gasteiger partial charge in [-0.1, -0.05) is 13.3 Å². The van der Waals surface area contributed by atoms with Crippen LogP contribution in [0.1, 0.15) is 25.6 Å². The standard InChI is InChI=1S/C10H20N4O2S/c1-3-4-9-14(2)17(15,16)13-6-5-10-11-7-8-12-10/h7-8,13H,3-6,9H2,1-2H3,(H,11,12). The number of imidazole rings is 1. The molecule has 0 amide bonds. The van der Waals surface area contributed by atoms with Crippen molar-refractivity contribution in [3.63, 3.8) is 0 Å². The summed E-state index contributed by atoms with van der Waals surface area (Å²) in [6.07, 6.45) is 5.78. The maximum Gasteiger partial charge on any atom is 0.279 e. The Bertz CT molecular complexity index is 402. The zero-order valence-electron chi connectivity index (χ0n) is 10.3. The monoisotopic (exact) mass is 260 g/mol. The lowest BCUT2D eigenvalue weighted by Gasteiger charge is -2.16. The van der Waals surface area contributed by atoms with Crippen molar-refractivity contribution in [1.82, 2.24) is 19.0 Å². The average Bonchev–Trinajstić information content (AvgIpc) is 2.78. The highest BCUT2D eigenvalue weighted by atomic mass is 32.2. The molecule has 0 aliphatic rings. The third kappa shape index (κ3) is 4.84. The van der Waals surface area contributed by atoms with Crippen LogP contribution in [0.25, 0.3) is 0 Å². The van der Waals surface area contributed by atoms with Crippen LogP contribution in [0.3, 0.4) is 0 Å². The van der Waals surface area contributed by atoms with Crippen LogP contribution in [0.5, 0.6) is 0 Å². The molecule has 1 rings (SSSR count). The largest absolute Gasteiger partial charge is 0.349 e. The van der Waals surface area contributed by atoms with Gasteiger partial charge in [0.15, 0.2) is 0 Å². The molecule has 0 aliphatic heterocycles. The van der Waals surface area contributed by atoms with Gasteiger partial charge in [0, 0.05) is 39.0 Å². The van der Waals surface area contributed by atoms with Crippen molar-refractivity contribution < 1.29 is 8.42 Å². The molecule has 0 bridgehead atoms. The van der Waals surface area contributed by atoms with E-state index in [-0.39, 0.29) is 0 Å². The Morgan fingerprint density at radius 3 is 2.88 bits per heavy atom. The lowest BCUT2D eigenvalue weighted by Crippen LogP contribution is -2.39. The molecule has 2 N–H and O–H groups in total. The first-order valence-electron chi connectivity index (χ1n) is 5.75. The molecule has 7 heteroatoms. The van der Waals surface area contributed by atoms with E-state index in [9.17, 15) is 8.42 Å². The fourth-order valence-electron chi connectivity index (χ4n) is 1.34. The van der Waals surface area contributed by atoms with E-state index in [1.165, 1.54) is 4.31 Å². The van der Waals surface area contributed by atoms with Gasteiger partial charge in [-0.05, 0) is 6.42 Å². The average molecular weight is 260 g/mol. The first kappa shape index (κ1) is 14.1. The Morgan fingerprint density at radius 2 is 2.29 bits per heavy atom. The number of hydrogen-bond donors (Lipinski definition) is 2. The number of hydrogen-bond acceptors (Lipinski definition) is 3. The van der Waals surface area contributed by atoms with Gasteiger partial charge in [0.1, 0.15) is 5.82 Å². The molecule has 1 heterocycles. The van der Waals surface area contributed by atoms with Gasteiger partial charge < -0.3 is 4.98 Å². The first-order chi connectivity index (χ1) is 8.06. The zero-order chi connectivity index (χ0) is 12.7. The van der Waals surface area contributed by atoms with Crippen molar-refractivity contribution in [2.45, 2.75) is 26.2 Å². The number of aromatic nitrogens is 2. The quantitative estimate of drug-likeness (QED) is 0.715. The Kier molecular flexibility index (Phi) is 5.60. The highest BCUT2D eigenvalue weighted by Gasteiger charge is 2.15. The summed E-state index contributed by atoms with van der Waals surface area (Å²) in [5.74, 6) is 0.781. The number of rotatable bonds is 8. The van der Waals surface area contributed by atoms with Crippen molar-refractivity contribution in [1.29, 1.82) is 0 Å². The summed E-state index contributed by atoms with van der Waals surface area (Å²) in [5.41, 5.74) is 0. The molecule has 0 unspecified atom stereocenters. The van der Waals surface area contributed by atoms with Crippen molar-refractivity contribution in [2.75, 3.05) is 20.1 Å². The number of nitrogens with one attached hydrogen (secondary N) is 2. The van der Waals surface area contributed by atoms with Gasteiger partial charge in [-0.25, -0.2) is 9.71 Å². The molecule has 6 nitrogen and oxygen atoms in total. The van der Waals surface area contributed by atoms with E-state index in [1.807, 2.05) is 6.92 Å². The van der Waals surface area contributed by atoms with Gasteiger partial charge >= 0.3 is 0 Å². The lowest BCUT2D eigenvalue weighted by atomic mass is 10.3. The lowest BCUT2D eigenvalue weighted by molar-refractivity contribution is 0.449. The summed E-state index contributed by atoms with van der Waals surface area (Å²) >= 11 is 0. The van der Waals surface area contributed by atoms with Gasteiger partial charge in [0.05, 0.1) is 0 Å². The second kappa shape index (κ2) is 6.73. The topological polar surface area (TPSA) is 78.1 Å². The van der Waals surface area contributed by atoms with Gasteiger partial charge in [-0.15, -0.1) is 0 Å². The van der Waals surface area contributed by atoms with Gasteiger partial charge in [0.25, 0.3) is 10.2 Å². The summed E-state index contributed by atoms with van der Waals surface area (Å²) in [6, 6.07) is 0. The van der Waals surface area contributed by atoms with E-state index in [0.717, 1.165) is 18.7 Å². The number of H-pyrrole nitrogens is 1. The summed E-state index contributed by atoms with van der Waals surface area (Å²) < 4.78 is 27.4. The van der Waals surface area contributed by atoms with E-state index in [4.69, 9.17) is 0 Å². The minimum absolute atomic E-state index is 0.353. The third-order valence-corrected chi connectivity index (χ3v) is 4.01. The Morgan fingerprint density at radius 1 is 1.53 bits per heavy atom. The molecular formula is C10H20N4O2S. The molecule has 0 spiro atoms. The summed E-state index contributed by atoms with van der Waals surface area (Å²) in [6.45, 7) is 2.93. The molecule has 0 saturated carbocycles. The molecule has 0 fully saturated rings. The summed E-state index contributed by atoms with van der Waals surface area (Å²) in [7, 11) is -1.76. The molecule has 1 aromatic heterocycles. The van der Waals surface area contributed by atoms with Crippen LogP contribution in [0.15, 0.2) is 12.4 Å². The number of aromatic amines is 1. The smallest absolute Gasteiger partial charge is 0.279 e. The molecule has 17 heavy (non-hydrogen) atoms. The molecule has 98 valence electrons. The van der Waals surface area contributed by atoms with Crippen LogP contribution in [-0.4, -0.2) is 42.8 Å². The highest BCUT2D eigenvalue weighted by Crippen LogP contribution is 1.98. The maximum absolute atomic E-state index is 11.7.